The molecule has 0 radical (unpaired) electrons. The van der Waals surface area contributed by atoms with Crippen LogP contribution in [0.5, 0.6) is 0 Å². The Labute approximate surface area is 181 Å². The van der Waals surface area contributed by atoms with E-state index >= 15 is 0 Å². The molecule has 1 aliphatic heterocycles. The Morgan fingerprint density at radius 2 is 1.90 bits per heavy atom. The predicted molar refractivity (Wildman–Crippen MR) is 123 cm³/mol. The van der Waals surface area contributed by atoms with Crippen molar-refractivity contribution < 1.29 is 4.52 Å². The zero-order valence-corrected chi connectivity index (χ0v) is 18.7. The summed E-state index contributed by atoms with van der Waals surface area (Å²) in [6.45, 7) is 11.1. The van der Waals surface area contributed by atoms with Crippen LogP contribution in [0.1, 0.15) is 69.4 Å². The SMILES string of the molecule is CCNC(=NCc1cc(C(CC)CC)no1)NC1CCN(Cc2ccccc2)CC1. The molecule has 1 aromatic heterocycles. The van der Waals surface area contributed by atoms with Gasteiger partial charge >= 0.3 is 0 Å². The fraction of sp³-hybridized carbons (Fsp3) is 0.583. The van der Waals surface area contributed by atoms with Crippen molar-refractivity contribution in [1.29, 1.82) is 0 Å². The number of rotatable bonds is 9. The van der Waals surface area contributed by atoms with E-state index in [1.54, 1.807) is 0 Å². The summed E-state index contributed by atoms with van der Waals surface area (Å²) in [5.41, 5.74) is 2.44. The third kappa shape index (κ3) is 6.59. The van der Waals surface area contributed by atoms with Gasteiger partial charge in [-0.05, 0) is 38.2 Å². The second-order valence-electron chi connectivity index (χ2n) is 8.11. The Hall–Kier alpha value is -2.34. The molecular weight excluding hydrogens is 374 g/mol. The molecule has 6 nitrogen and oxygen atoms in total. The number of hydrogen-bond acceptors (Lipinski definition) is 4. The van der Waals surface area contributed by atoms with Gasteiger partial charge in [0, 0.05) is 44.2 Å². The van der Waals surface area contributed by atoms with Crippen molar-refractivity contribution in [1.82, 2.24) is 20.7 Å². The minimum Gasteiger partial charge on any atom is -0.359 e. The Bertz CT molecular complexity index is 761. The Morgan fingerprint density at radius 1 is 1.17 bits per heavy atom. The molecule has 0 atom stereocenters. The number of benzene rings is 1. The highest BCUT2D eigenvalue weighted by Gasteiger charge is 2.20. The van der Waals surface area contributed by atoms with Crippen LogP contribution in [0.2, 0.25) is 0 Å². The number of aliphatic imine (C=N–C) groups is 1. The number of aromatic nitrogens is 1. The van der Waals surface area contributed by atoms with Crippen molar-refractivity contribution in [3.63, 3.8) is 0 Å². The van der Waals surface area contributed by atoms with E-state index in [1.165, 1.54) is 5.56 Å². The maximum absolute atomic E-state index is 5.52. The highest BCUT2D eigenvalue weighted by atomic mass is 16.5. The van der Waals surface area contributed by atoms with Crippen LogP contribution in [-0.4, -0.2) is 41.7 Å². The van der Waals surface area contributed by atoms with Crippen molar-refractivity contribution in [3.05, 3.63) is 53.4 Å². The largest absolute Gasteiger partial charge is 0.359 e. The van der Waals surface area contributed by atoms with Crippen molar-refractivity contribution >= 4 is 5.96 Å². The van der Waals surface area contributed by atoms with Gasteiger partial charge in [-0.25, -0.2) is 4.99 Å². The average molecular weight is 412 g/mol. The van der Waals surface area contributed by atoms with Crippen LogP contribution in [0, 0.1) is 0 Å². The quantitative estimate of drug-likeness (QED) is 0.476. The molecule has 0 amide bonds. The molecule has 1 aliphatic rings. The van der Waals surface area contributed by atoms with Crippen LogP contribution in [-0.2, 0) is 13.1 Å². The van der Waals surface area contributed by atoms with Gasteiger partial charge in [-0.15, -0.1) is 0 Å². The standard InChI is InChI=1S/C24H37N5O/c1-4-20(5-2)23-16-22(30-28-23)17-26-24(25-6-3)27-21-12-14-29(15-13-21)18-19-10-8-7-9-11-19/h7-11,16,20-21H,4-6,12-15,17-18H2,1-3H3,(H2,25,26,27). The third-order valence-electron chi connectivity index (χ3n) is 5.90. The summed E-state index contributed by atoms with van der Waals surface area (Å²) >= 11 is 0. The topological polar surface area (TPSA) is 65.7 Å². The molecule has 2 N–H and O–H groups in total. The first kappa shape index (κ1) is 22.3. The van der Waals surface area contributed by atoms with Gasteiger partial charge in [-0.1, -0.05) is 49.3 Å². The highest BCUT2D eigenvalue weighted by molar-refractivity contribution is 5.80. The molecule has 1 saturated heterocycles. The number of piperidine rings is 1. The van der Waals surface area contributed by atoms with Gasteiger partial charge in [0.05, 0.1) is 5.69 Å². The molecule has 0 aliphatic carbocycles. The molecular formula is C24H37N5O. The van der Waals surface area contributed by atoms with E-state index in [-0.39, 0.29) is 0 Å². The van der Waals surface area contributed by atoms with Gasteiger partial charge in [0.15, 0.2) is 11.7 Å². The zero-order valence-electron chi connectivity index (χ0n) is 18.7. The van der Waals surface area contributed by atoms with Gasteiger partial charge < -0.3 is 15.2 Å². The summed E-state index contributed by atoms with van der Waals surface area (Å²) in [7, 11) is 0. The molecule has 2 heterocycles. The number of nitrogens with zero attached hydrogens (tertiary/aromatic N) is 3. The van der Waals surface area contributed by atoms with Crippen molar-refractivity contribution in [3.8, 4) is 0 Å². The molecule has 0 spiro atoms. The zero-order chi connectivity index (χ0) is 21.2. The van der Waals surface area contributed by atoms with E-state index in [9.17, 15) is 0 Å². The summed E-state index contributed by atoms with van der Waals surface area (Å²) in [6, 6.07) is 13.2. The normalized spacial score (nSPS) is 16.2. The molecule has 2 aromatic rings. The monoisotopic (exact) mass is 411 g/mol. The number of likely N-dealkylation sites (tertiary alicyclic amines) is 1. The van der Waals surface area contributed by atoms with Crippen LogP contribution in [0.25, 0.3) is 0 Å². The number of guanidine groups is 1. The maximum atomic E-state index is 5.52. The molecule has 1 fully saturated rings. The average Bonchev–Trinajstić information content (AvgIpc) is 3.24. The molecule has 0 saturated carbocycles. The fourth-order valence-electron chi connectivity index (χ4n) is 4.05. The summed E-state index contributed by atoms with van der Waals surface area (Å²) in [4.78, 5) is 7.27. The molecule has 3 rings (SSSR count). The van der Waals surface area contributed by atoms with Crippen molar-refractivity contribution in [2.24, 2.45) is 4.99 Å². The van der Waals surface area contributed by atoms with E-state index in [2.05, 4.69) is 77.9 Å². The van der Waals surface area contributed by atoms with Gasteiger partial charge in [-0.3, -0.25) is 4.90 Å². The third-order valence-corrected chi connectivity index (χ3v) is 5.90. The minimum absolute atomic E-state index is 0.449. The maximum Gasteiger partial charge on any atom is 0.191 e. The Kier molecular flexibility index (Phi) is 8.75. The van der Waals surface area contributed by atoms with Gasteiger partial charge in [0.2, 0.25) is 0 Å². The van der Waals surface area contributed by atoms with Crippen LogP contribution in [0.15, 0.2) is 45.9 Å². The van der Waals surface area contributed by atoms with Crippen molar-refractivity contribution in [2.75, 3.05) is 19.6 Å². The smallest absolute Gasteiger partial charge is 0.191 e. The summed E-state index contributed by atoms with van der Waals surface area (Å²) in [5.74, 6) is 2.16. The summed E-state index contributed by atoms with van der Waals surface area (Å²) in [5, 5.41) is 11.2. The predicted octanol–water partition coefficient (Wildman–Crippen LogP) is 4.30. The van der Waals surface area contributed by atoms with E-state index in [1.807, 2.05) is 0 Å². The summed E-state index contributed by atoms with van der Waals surface area (Å²) in [6.07, 6.45) is 4.41. The highest BCUT2D eigenvalue weighted by Crippen LogP contribution is 2.22. The minimum atomic E-state index is 0.449. The molecule has 0 bridgehead atoms. The first-order chi connectivity index (χ1) is 14.7. The van der Waals surface area contributed by atoms with E-state index in [0.717, 1.165) is 69.3 Å². The molecule has 164 valence electrons. The van der Waals surface area contributed by atoms with E-state index < -0.39 is 0 Å². The summed E-state index contributed by atoms with van der Waals surface area (Å²) < 4.78 is 5.52. The molecule has 1 aromatic carbocycles. The lowest BCUT2D eigenvalue weighted by Crippen LogP contribution is -2.48. The number of hydrogen-bond donors (Lipinski definition) is 2. The van der Waals surface area contributed by atoms with Crippen molar-refractivity contribution in [2.45, 2.75) is 71.5 Å². The van der Waals surface area contributed by atoms with Crippen LogP contribution in [0.3, 0.4) is 0 Å². The van der Waals surface area contributed by atoms with Gasteiger partial charge in [0.1, 0.15) is 6.54 Å². The van der Waals surface area contributed by atoms with Gasteiger partial charge in [-0.2, -0.15) is 0 Å². The molecule has 0 unspecified atom stereocenters. The fourth-order valence-corrected chi connectivity index (χ4v) is 4.05. The first-order valence-electron chi connectivity index (χ1n) is 11.5. The lowest BCUT2D eigenvalue weighted by Gasteiger charge is -2.33. The molecule has 6 heteroatoms. The van der Waals surface area contributed by atoms with E-state index in [0.29, 0.717) is 18.5 Å². The van der Waals surface area contributed by atoms with Crippen LogP contribution < -0.4 is 10.6 Å². The molecule has 30 heavy (non-hydrogen) atoms. The lowest BCUT2D eigenvalue weighted by molar-refractivity contribution is 0.198. The van der Waals surface area contributed by atoms with Gasteiger partial charge in [0.25, 0.3) is 0 Å². The number of nitrogens with one attached hydrogen (secondary N) is 2. The first-order valence-corrected chi connectivity index (χ1v) is 11.5. The lowest BCUT2D eigenvalue weighted by atomic mass is 9.99. The second-order valence-corrected chi connectivity index (χ2v) is 8.11. The van der Waals surface area contributed by atoms with Crippen LogP contribution in [0.4, 0.5) is 0 Å². The Balaban J connectivity index is 1.49. The van der Waals surface area contributed by atoms with Crippen LogP contribution >= 0.6 is 0 Å². The van der Waals surface area contributed by atoms with E-state index in [4.69, 9.17) is 9.52 Å². The Morgan fingerprint density at radius 3 is 2.57 bits per heavy atom. The second kappa shape index (κ2) is 11.7.